The van der Waals surface area contributed by atoms with Crippen molar-refractivity contribution in [2.24, 2.45) is 0 Å². The van der Waals surface area contributed by atoms with E-state index in [1.807, 2.05) is 25.1 Å². The summed E-state index contributed by atoms with van der Waals surface area (Å²) in [6.07, 6.45) is 0. The van der Waals surface area contributed by atoms with Gasteiger partial charge in [-0.25, -0.2) is 9.69 Å². The predicted molar refractivity (Wildman–Crippen MR) is 65.8 cm³/mol. The largest absolute Gasteiger partial charge is 0.332 e. The first kappa shape index (κ1) is 11.6. The Labute approximate surface area is 101 Å². The third-order valence-electron chi connectivity index (χ3n) is 3.15. The van der Waals surface area contributed by atoms with Crippen molar-refractivity contribution in [1.29, 1.82) is 0 Å². The van der Waals surface area contributed by atoms with Crippen LogP contribution in [0.15, 0.2) is 30.3 Å². The minimum Gasteiger partial charge on any atom is -0.310 e. The molecule has 1 fully saturated rings. The zero-order chi connectivity index (χ0) is 12.6. The van der Waals surface area contributed by atoms with Gasteiger partial charge < -0.3 is 4.90 Å². The van der Waals surface area contributed by atoms with Crippen molar-refractivity contribution in [2.45, 2.75) is 26.3 Å². The molecule has 1 aliphatic heterocycles. The minimum absolute atomic E-state index is 0.171. The lowest BCUT2D eigenvalue weighted by Gasteiger charge is -2.25. The molecule has 0 atom stereocenters. The molecule has 0 radical (unpaired) electrons. The number of carbonyl (C=O) groups is 2. The molecule has 0 unspecified atom stereocenters. The molecule has 1 aliphatic rings. The number of nitrogens with zero attached hydrogens (tertiary/aromatic N) is 2. The molecule has 0 aromatic heterocycles. The second-order valence-electron chi connectivity index (χ2n) is 4.56. The van der Waals surface area contributed by atoms with Gasteiger partial charge >= 0.3 is 6.03 Å². The SMILES string of the molecule is CCN1C(=O)N(c2ccccc2)C(=O)C1(C)C. The number of imide groups is 1. The molecule has 17 heavy (non-hydrogen) atoms. The van der Waals surface area contributed by atoms with E-state index in [9.17, 15) is 9.59 Å². The van der Waals surface area contributed by atoms with E-state index in [0.717, 1.165) is 0 Å². The highest BCUT2D eigenvalue weighted by atomic mass is 16.2. The van der Waals surface area contributed by atoms with Gasteiger partial charge in [0.15, 0.2) is 0 Å². The molecule has 0 N–H and O–H groups in total. The Morgan fingerprint density at radius 3 is 2.18 bits per heavy atom. The molecule has 1 saturated heterocycles. The van der Waals surface area contributed by atoms with Crippen molar-refractivity contribution in [1.82, 2.24) is 4.90 Å². The maximum atomic E-state index is 12.3. The highest BCUT2D eigenvalue weighted by molar-refractivity contribution is 6.22. The van der Waals surface area contributed by atoms with Gasteiger partial charge in [-0.3, -0.25) is 4.79 Å². The molecule has 1 aromatic rings. The fraction of sp³-hybridized carbons (Fsp3) is 0.385. The first-order chi connectivity index (χ1) is 8.00. The van der Waals surface area contributed by atoms with E-state index in [4.69, 9.17) is 0 Å². The molecule has 3 amide bonds. The van der Waals surface area contributed by atoms with Crippen molar-refractivity contribution in [3.05, 3.63) is 30.3 Å². The molecular formula is C13H16N2O2. The van der Waals surface area contributed by atoms with Crippen LogP contribution in [0.3, 0.4) is 0 Å². The van der Waals surface area contributed by atoms with Gasteiger partial charge in [0, 0.05) is 6.54 Å². The zero-order valence-corrected chi connectivity index (χ0v) is 10.3. The van der Waals surface area contributed by atoms with Gasteiger partial charge in [0.2, 0.25) is 0 Å². The number of benzene rings is 1. The number of hydrogen-bond donors (Lipinski definition) is 0. The third-order valence-corrected chi connectivity index (χ3v) is 3.15. The fourth-order valence-corrected chi connectivity index (χ4v) is 2.17. The van der Waals surface area contributed by atoms with Gasteiger partial charge in [0.05, 0.1) is 5.69 Å². The van der Waals surface area contributed by atoms with Crippen molar-refractivity contribution in [3.63, 3.8) is 0 Å². The van der Waals surface area contributed by atoms with Crippen LogP contribution in [0.25, 0.3) is 0 Å². The van der Waals surface area contributed by atoms with Crippen LogP contribution in [-0.2, 0) is 4.79 Å². The average Bonchev–Trinajstić information content (AvgIpc) is 2.47. The molecule has 2 rings (SSSR count). The molecule has 1 heterocycles. The molecular weight excluding hydrogens is 216 g/mol. The lowest BCUT2D eigenvalue weighted by atomic mass is 10.0. The summed E-state index contributed by atoms with van der Waals surface area (Å²) in [6, 6.07) is 8.79. The number of urea groups is 1. The third kappa shape index (κ3) is 1.60. The zero-order valence-electron chi connectivity index (χ0n) is 10.3. The second kappa shape index (κ2) is 3.87. The summed E-state index contributed by atoms with van der Waals surface area (Å²) in [5, 5.41) is 0. The van der Waals surface area contributed by atoms with Gasteiger partial charge in [0.1, 0.15) is 5.54 Å². The first-order valence-electron chi connectivity index (χ1n) is 5.71. The van der Waals surface area contributed by atoms with E-state index < -0.39 is 5.54 Å². The Morgan fingerprint density at radius 2 is 1.71 bits per heavy atom. The van der Waals surface area contributed by atoms with Crippen LogP contribution >= 0.6 is 0 Å². The monoisotopic (exact) mass is 232 g/mol. The number of rotatable bonds is 2. The molecule has 1 aromatic carbocycles. The molecule has 0 saturated carbocycles. The van der Waals surface area contributed by atoms with Gasteiger partial charge in [-0.15, -0.1) is 0 Å². The summed E-state index contributed by atoms with van der Waals surface area (Å²) in [4.78, 5) is 27.3. The molecule has 0 aliphatic carbocycles. The smallest absolute Gasteiger partial charge is 0.310 e. The van der Waals surface area contributed by atoms with E-state index in [2.05, 4.69) is 0 Å². The Kier molecular flexibility index (Phi) is 2.65. The van der Waals surface area contributed by atoms with E-state index in [0.29, 0.717) is 12.2 Å². The number of likely N-dealkylation sites (N-methyl/N-ethyl adjacent to an activating group) is 1. The Hall–Kier alpha value is -1.84. The lowest BCUT2D eigenvalue weighted by molar-refractivity contribution is -0.123. The van der Waals surface area contributed by atoms with E-state index >= 15 is 0 Å². The standard InChI is InChI=1S/C13H16N2O2/c1-4-14-12(17)15(11(16)13(14,2)3)10-8-6-5-7-9-10/h5-9H,4H2,1-3H3. The molecule has 90 valence electrons. The van der Waals surface area contributed by atoms with Crippen molar-refractivity contribution >= 4 is 17.6 Å². The highest BCUT2D eigenvalue weighted by Crippen LogP contribution is 2.31. The number of para-hydroxylation sites is 1. The number of carbonyl (C=O) groups excluding carboxylic acids is 2. The summed E-state index contributed by atoms with van der Waals surface area (Å²) in [6.45, 7) is 5.96. The van der Waals surface area contributed by atoms with Crippen LogP contribution in [0.1, 0.15) is 20.8 Å². The number of amides is 3. The van der Waals surface area contributed by atoms with Crippen LogP contribution in [0.4, 0.5) is 10.5 Å². The minimum atomic E-state index is -0.762. The predicted octanol–water partition coefficient (Wildman–Crippen LogP) is 2.25. The normalized spacial score (nSPS) is 19.0. The fourth-order valence-electron chi connectivity index (χ4n) is 2.17. The average molecular weight is 232 g/mol. The molecule has 4 heteroatoms. The Morgan fingerprint density at radius 1 is 1.12 bits per heavy atom. The van der Waals surface area contributed by atoms with Crippen LogP contribution in [-0.4, -0.2) is 28.9 Å². The van der Waals surface area contributed by atoms with E-state index in [1.54, 1.807) is 30.9 Å². The van der Waals surface area contributed by atoms with Gasteiger partial charge in [-0.05, 0) is 32.9 Å². The van der Waals surface area contributed by atoms with Gasteiger partial charge in [0.25, 0.3) is 5.91 Å². The van der Waals surface area contributed by atoms with Gasteiger partial charge in [-0.1, -0.05) is 18.2 Å². The van der Waals surface area contributed by atoms with Crippen LogP contribution in [0, 0.1) is 0 Å². The van der Waals surface area contributed by atoms with Crippen LogP contribution < -0.4 is 4.90 Å². The Bertz CT molecular complexity index is 454. The van der Waals surface area contributed by atoms with E-state index in [1.165, 1.54) is 4.90 Å². The van der Waals surface area contributed by atoms with Crippen molar-refractivity contribution in [3.8, 4) is 0 Å². The summed E-state index contributed by atoms with van der Waals surface area (Å²) < 4.78 is 0. The highest BCUT2D eigenvalue weighted by Gasteiger charge is 2.50. The number of hydrogen-bond acceptors (Lipinski definition) is 2. The van der Waals surface area contributed by atoms with Crippen molar-refractivity contribution < 1.29 is 9.59 Å². The first-order valence-corrected chi connectivity index (χ1v) is 5.71. The molecule has 0 bridgehead atoms. The lowest BCUT2D eigenvalue weighted by Crippen LogP contribution is -2.43. The Balaban J connectivity index is 2.45. The summed E-state index contributed by atoms with van der Waals surface area (Å²) in [5.41, 5.74) is -0.131. The summed E-state index contributed by atoms with van der Waals surface area (Å²) >= 11 is 0. The van der Waals surface area contributed by atoms with Crippen molar-refractivity contribution in [2.75, 3.05) is 11.4 Å². The maximum absolute atomic E-state index is 12.3. The van der Waals surface area contributed by atoms with Crippen LogP contribution in [0.5, 0.6) is 0 Å². The number of anilines is 1. The maximum Gasteiger partial charge on any atom is 0.332 e. The van der Waals surface area contributed by atoms with Gasteiger partial charge in [-0.2, -0.15) is 0 Å². The van der Waals surface area contributed by atoms with E-state index in [-0.39, 0.29) is 11.9 Å². The topological polar surface area (TPSA) is 40.6 Å². The summed E-state index contributed by atoms with van der Waals surface area (Å²) in [7, 11) is 0. The molecule has 0 spiro atoms. The quantitative estimate of drug-likeness (QED) is 0.734. The summed E-state index contributed by atoms with van der Waals surface area (Å²) in [5.74, 6) is -0.171. The molecule has 4 nitrogen and oxygen atoms in total. The van der Waals surface area contributed by atoms with Crippen LogP contribution in [0.2, 0.25) is 0 Å². The second-order valence-corrected chi connectivity index (χ2v) is 4.56.